The molecule has 1 aromatic carbocycles. The molecule has 0 atom stereocenters. The second-order valence-electron chi connectivity index (χ2n) is 5.59. The van der Waals surface area contributed by atoms with Gasteiger partial charge in [-0.3, -0.25) is 15.1 Å². The van der Waals surface area contributed by atoms with Gasteiger partial charge in [-0.1, -0.05) is 23.4 Å². The summed E-state index contributed by atoms with van der Waals surface area (Å²) in [5.41, 5.74) is 2.26. The van der Waals surface area contributed by atoms with E-state index in [1.807, 2.05) is 36.4 Å². The molecule has 4 aromatic rings. The molecule has 0 bridgehead atoms. The van der Waals surface area contributed by atoms with Crippen LogP contribution in [0.1, 0.15) is 10.5 Å². The number of ether oxygens (including phenoxy) is 1. The van der Waals surface area contributed by atoms with Crippen molar-refractivity contribution in [1.29, 1.82) is 0 Å². The number of amides is 1. The zero-order chi connectivity index (χ0) is 18.6. The van der Waals surface area contributed by atoms with E-state index in [4.69, 9.17) is 9.26 Å². The molecule has 27 heavy (non-hydrogen) atoms. The summed E-state index contributed by atoms with van der Waals surface area (Å²) in [5.74, 6) is 0.919. The van der Waals surface area contributed by atoms with Gasteiger partial charge in [0.05, 0.1) is 30.3 Å². The van der Waals surface area contributed by atoms with Crippen LogP contribution >= 0.6 is 0 Å². The molecule has 8 nitrogen and oxygen atoms in total. The fraction of sp³-hybridized carbons (Fsp3) is 0.0526. The van der Waals surface area contributed by atoms with Crippen molar-refractivity contribution >= 4 is 11.9 Å². The van der Waals surface area contributed by atoms with E-state index in [1.54, 1.807) is 31.6 Å². The maximum atomic E-state index is 12.4. The standard InChI is InChI=1S/C19H15N5O3/c1-26-16-8-3-2-6-12(16)17-10-14(24-27-17)18(25)23-19-21-11-15(22-19)13-7-4-5-9-20-13/h2-11H,1H3,(H2,21,22,23,25). The maximum Gasteiger partial charge on any atom is 0.280 e. The second-order valence-corrected chi connectivity index (χ2v) is 5.59. The monoisotopic (exact) mass is 361 g/mol. The molecule has 4 rings (SSSR count). The normalized spacial score (nSPS) is 10.6. The molecule has 1 amide bonds. The summed E-state index contributed by atoms with van der Waals surface area (Å²) in [5, 5.41) is 6.49. The van der Waals surface area contributed by atoms with Crippen molar-refractivity contribution in [2.24, 2.45) is 0 Å². The minimum Gasteiger partial charge on any atom is -0.496 e. The van der Waals surface area contributed by atoms with Crippen LogP contribution in [0.25, 0.3) is 22.7 Å². The number of rotatable bonds is 5. The average molecular weight is 361 g/mol. The number of anilines is 1. The first-order valence-corrected chi connectivity index (χ1v) is 8.12. The summed E-state index contributed by atoms with van der Waals surface area (Å²) in [4.78, 5) is 23.8. The fourth-order valence-corrected chi connectivity index (χ4v) is 2.57. The lowest BCUT2D eigenvalue weighted by atomic mass is 10.1. The third kappa shape index (κ3) is 3.40. The number of H-pyrrole nitrogens is 1. The van der Waals surface area contributed by atoms with Crippen molar-refractivity contribution < 1.29 is 14.1 Å². The van der Waals surface area contributed by atoms with Crippen LogP contribution in [-0.4, -0.2) is 33.1 Å². The largest absolute Gasteiger partial charge is 0.496 e. The molecule has 0 saturated carbocycles. The van der Waals surface area contributed by atoms with Crippen molar-refractivity contribution in [3.8, 4) is 28.5 Å². The number of nitrogens with zero attached hydrogens (tertiary/aromatic N) is 3. The van der Waals surface area contributed by atoms with Gasteiger partial charge in [0.25, 0.3) is 5.91 Å². The van der Waals surface area contributed by atoms with Crippen LogP contribution in [0, 0.1) is 0 Å². The van der Waals surface area contributed by atoms with Crippen molar-refractivity contribution in [3.63, 3.8) is 0 Å². The highest BCUT2D eigenvalue weighted by Gasteiger charge is 2.17. The van der Waals surface area contributed by atoms with Crippen LogP contribution in [0.2, 0.25) is 0 Å². The average Bonchev–Trinajstić information content (AvgIpc) is 3.38. The van der Waals surface area contributed by atoms with Gasteiger partial charge in [-0.05, 0) is 24.3 Å². The zero-order valence-electron chi connectivity index (χ0n) is 14.3. The maximum absolute atomic E-state index is 12.4. The van der Waals surface area contributed by atoms with Gasteiger partial charge in [-0.2, -0.15) is 0 Å². The Hall–Kier alpha value is -3.94. The predicted octanol–water partition coefficient (Wildman–Crippen LogP) is 3.39. The van der Waals surface area contributed by atoms with Gasteiger partial charge >= 0.3 is 0 Å². The highest BCUT2D eigenvalue weighted by molar-refractivity contribution is 6.02. The first-order chi connectivity index (χ1) is 13.2. The number of aromatic amines is 1. The second kappa shape index (κ2) is 7.12. The number of para-hydroxylation sites is 1. The third-order valence-electron chi connectivity index (χ3n) is 3.86. The number of nitrogens with one attached hydrogen (secondary N) is 2. The van der Waals surface area contributed by atoms with Crippen LogP contribution in [0.4, 0.5) is 5.95 Å². The quantitative estimate of drug-likeness (QED) is 0.564. The minimum atomic E-state index is -0.443. The Morgan fingerprint density at radius 1 is 1.15 bits per heavy atom. The number of hydrogen-bond donors (Lipinski definition) is 2. The van der Waals surface area contributed by atoms with Crippen LogP contribution in [-0.2, 0) is 0 Å². The van der Waals surface area contributed by atoms with Crippen LogP contribution in [0.15, 0.2) is 65.4 Å². The van der Waals surface area contributed by atoms with Crippen LogP contribution in [0.3, 0.4) is 0 Å². The molecule has 134 valence electrons. The summed E-state index contributed by atoms with van der Waals surface area (Å²) >= 11 is 0. The van der Waals surface area contributed by atoms with Gasteiger partial charge in [0.15, 0.2) is 11.5 Å². The lowest BCUT2D eigenvalue weighted by molar-refractivity contribution is 0.101. The lowest BCUT2D eigenvalue weighted by Crippen LogP contribution is -2.13. The van der Waals surface area contributed by atoms with E-state index in [0.717, 1.165) is 5.69 Å². The van der Waals surface area contributed by atoms with Gasteiger partial charge in [0.1, 0.15) is 5.75 Å². The number of benzene rings is 1. The smallest absolute Gasteiger partial charge is 0.280 e. The first-order valence-electron chi connectivity index (χ1n) is 8.12. The minimum absolute atomic E-state index is 0.131. The van der Waals surface area contributed by atoms with Gasteiger partial charge in [0.2, 0.25) is 5.95 Å². The number of carbonyl (C=O) groups excluding carboxylic acids is 1. The van der Waals surface area contributed by atoms with Crippen molar-refractivity contribution in [1.82, 2.24) is 20.1 Å². The molecule has 0 saturated heterocycles. The predicted molar refractivity (Wildman–Crippen MR) is 98.3 cm³/mol. The molecule has 0 unspecified atom stereocenters. The molecule has 0 fully saturated rings. The summed E-state index contributed by atoms with van der Waals surface area (Å²) < 4.78 is 10.6. The lowest BCUT2D eigenvalue weighted by Gasteiger charge is -2.03. The zero-order valence-corrected chi connectivity index (χ0v) is 14.3. The summed E-state index contributed by atoms with van der Waals surface area (Å²) in [6, 6.07) is 14.4. The fourth-order valence-electron chi connectivity index (χ4n) is 2.57. The van der Waals surface area contributed by atoms with E-state index in [0.29, 0.717) is 28.7 Å². The van der Waals surface area contributed by atoms with Gasteiger partial charge in [0, 0.05) is 12.3 Å². The van der Waals surface area contributed by atoms with E-state index in [-0.39, 0.29) is 5.69 Å². The SMILES string of the molecule is COc1ccccc1-c1cc(C(=O)Nc2ncc(-c3ccccn3)[nH]2)no1. The van der Waals surface area contributed by atoms with E-state index >= 15 is 0 Å². The summed E-state index contributed by atoms with van der Waals surface area (Å²) in [6.07, 6.45) is 3.28. The Morgan fingerprint density at radius 2 is 2.00 bits per heavy atom. The summed E-state index contributed by atoms with van der Waals surface area (Å²) in [7, 11) is 1.57. The molecule has 0 radical (unpaired) electrons. The Balaban J connectivity index is 1.51. The number of carbonyl (C=O) groups is 1. The van der Waals surface area contributed by atoms with E-state index in [9.17, 15) is 4.79 Å². The number of methoxy groups -OCH3 is 1. The van der Waals surface area contributed by atoms with Gasteiger partial charge < -0.3 is 14.2 Å². The van der Waals surface area contributed by atoms with Crippen LogP contribution < -0.4 is 10.1 Å². The van der Waals surface area contributed by atoms with E-state index < -0.39 is 5.91 Å². The van der Waals surface area contributed by atoms with E-state index in [2.05, 4.69) is 25.4 Å². The molecule has 0 aliphatic carbocycles. The topological polar surface area (TPSA) is 106 Å². The molecule has 0 spiro atoms. The summed E-state index contributed by atoms with van der Waals surface area (Å²) in [6.45, 7) is 0. The first kappa shape index (κ1) is 16.5. The highest BCUT2D eigenvalue weighted by Crippen LogP contribution is 2.30. The third-order valence-corrected chi connectivity index (χ3v) is 3.86. The number of pyridine rings is 1. The molecule has 0 aliphatic heterocycles. The Bertz CT molecular complexity index is 1070. The van der Waals surface area contributed by atoms with E-state index in [1.165, 1.54) is 0 Å². The Labute approximate surface area is 154 Å². The number of imidazole rings is 1. The molecule has 0 aliphatic rings. The highest BCUT2D eigenvalue weighted by atomic mass is 16.5. The number of aromatic nitrogens is 4. The molecule has 3 aromatic heterocycles. The molecule has 8 heteroatoms. The number of hydrogen-bond acceptors (Lipinski definition) is 6. The molecule has 3 heterocycles. The van der Waals surface area contributed by atoms with Crippen LogP contribution in [0.5, 0.6) is 5.75 Å². The van der Waals surface area contributed by atoms with Gasteiger partial charge in [-0.15, -0.1) is 0 Å². The molecular formula is C19H15N5O3. The molecule has 2 N–H and O–H groups in total. The van der Waals surface area contributed by atoms with Crippen molar-refractivity contribution in [3.05, 3.63) is 66.6 Å². The Kier molecular flexibility index (Phi) is 4.36. The molecular weight excluding hydrogens is 346 g/mol. The Morgan fingerprint density at radius 3 is 2.81 bits per heavy atom. The van der Waals surface area contributed by atoms with Crippen molar-refractivity contribution in [2.45, 2.75) is 0 Å². The van der Waals surface area contributed by atoms with Gasteiger partial charge in [-0.25, -0.2) is 4.98 Å². The van der Waals surface area contributed by atoms with Crippen molar-refractivity contribution in [2.75, 3.05) is 12.4 Å².